The van der Waals surface area contributed by atoms with Gasteiger partial charge in [0, 0.05) is 6.04 Å². The first-order valence-corrected chi connectivity index (χ1v) is 5.08. The van der Waals surface area contributed by atoms with Crippen LogP contribution in [0.3, 0.4) is 0 Å². The van der Waals surface area contributed by atoms with E-state index in [1.807, 2.05) is 0 Å². The van der Waals surface area contributed by atoms with E-state index in [9.17, 15) is 0 Å². The van der Waals surface area contributed by atoms with Gasteiger partial charge in [0.1, 0.15) is 0 Å². The second-order valence-corrected chi connectivity index (χ2v) is 3.62. The van der Waals surface area contributed by atoms with Crippen LogP contribution in [-0.4, -0.2) is 25.1 Å². The maximum atomic E-state index is 5.28. The summed E-state index contributed by atoms with van der Waals surface area (Å²) in [6.45, 7) is 1.83. The van der Waals surface area contributed by atoms with Crippen LogP contribution in [0.2, 0.25) is 0 Å². The molecule has 0 aromatic heterocycles. The van der Waals surface area contributed by atoms with Gasteiger partial charge < -0.3 is 16.8 Å². The van der Waals surface area contributed by atoms with Crippen molar-refractivity contribution in [1.82, 2.24) is 5.32 Å². The molecule has 0 unspecified atom stereocenters. The maximum Gasteiger partial charge on any atom is 0.185 e. The first-order chi connectivity index (χ1) is 6.29. The van der Waals surface area contributed by atoms with Crippen LogP contribution in [0.1, 0.15) is 32.1 Å². The quantitative estimate of drug-likeness (QED) is 0.423. The van der Waals surface area contributed by atoms with E-state index < -0.39 is 0 Å². The predicted octanol–water partition coefficient (Wildman–Crippen LogP) is 0.182. The van der Waals surface area contributed by atoms with Crippen molar-refractivity contribution in [3.63, 3.8) is 0 Å². The Morgan fingerprint density at radius 2 is 2.00 bits per heavy atom. The minimum Gasteiger partial charge on any atom is -0.370 e. The van der Waals surface area contributed by atoms with Crippen LogP contribution in [0, 0.1) is 0 Å². The molecular weight excluding hydrogens is 164 g/mol. The summed E-state index contributed by atoms with van der Waals surface area (Å²) < 4.78 is 0. The molecular formula is C9H20N4. The second kappa shape index (κ2) is 5.80. The van der Waals surface area contributed by atoms with Gasteiger partial charge in [-0.15, -0.1) is 0 Å². The van der Waals surface area contributed by atoms with E-state index in [2.05, 4.69) is 10.3 Å². The summed E-state index contributed by atoms with van der Waals surface area (Å²) in [5, 5.41) is 3.46. The minimum absolute atomic E-state index is 0.198. The zero-order valence-corrected chi connectivity index (χ0v) is 8.13. The summed E-state index contributed by atoms with van der Waals surface area (Å²) in [5.74, 6) is 0.198. The lowest BCUT2D eigenvalue weighted by molar-refractivity contribution is 0.423. The fourth-order valence-electron chi connectivity index (χ4n) is 1.65. The molecule has 1 heterocycles. The summed E-state index contributed by atoms with van der Waals surface area (Å²) in [7, 11) is 0. The molecule has 1 fully saturated rings. The van der Waals surface area contributed by atoms with Crippen molar-refractivity contribution in [2.45, 2.75) is 38.1 Å². The van der Waals surface area contributed by atoms with Gasteiger partial charge in [0.2, 0.25) is 0 Å². The Labute approximate surface area is 79.8 Å². The topological polar surface area (TPSA) is 76.4 Å². The molecule has 4 nitrogen and oxygen atoms in total. The molecule has 1 aliphatic rings. The van der Waals surface area contributed by atoms with Crippen molar-refractivity contribution >= 4 is 5.96 Å². The number of aliphatic imine (C=N–C) groups is 1. The van der Waals surface area contributed by atoms with E-state index in [4.69, 9.17) is 11.5 Å². The molecule has 0 aromatic rings. The van der Waals surface area contributed by atoms with Crippen LogP contribution < -0.4 is 16.8 Å². The number of nitrogens with two attached hydrogens (primary N) is 2. The Morgan fingerprint density at radius 3 is 2.77 bits per heavy atom. The smallest absolute Gasteiger partial charge is 0.185 e. The molecule has 0 radical (unpaired) electrons. The van der Waals surface area contributed by atoms with Gasteiger partial charge in [-0.2, -0.15) is 0 Å². The van der Waals surface area contributed by atoms with E-state index in [1.54, 1.807) is 0 Å². The molecule has 1 atom stereocenters. The van der Waals surface area contributed by atoms with Crippen molar-refractivity contribution in [3.05, 3.63) is 0 Å². The van der Waals surface area contributed by atoms with Gasteiger partial charge in [-0.1, -0.05) is 19.3 Å². The van der Waals surface area contributed by atoms with Gasteiger partial charge >= 0.3 is 0 Å². The normalized spacial score (nSPS) is 24.5. The maximum absolute atomic E-state index is 5.28. The minimum atomic E-state index is 0.198. The monoisotopic (exact) mass is 184 g/mol. The molecule has 5 N–H and O–H groups in total. The predicted molar refractivity (Wildman–Crippen MR) is 55.6 cm³/mol. The van der Waals surface area contributed by atoms with Gasteiger partial charge in [-0.25, -0.2) is 0 Å². The number of hydrogen-bond acceptors (Lipinski definition) is 2. The lowest BCUT2D eigenvalue weighted by Gasteiger charge is -2.19. The Bertz CT molecular complexity index is 155. The van der Waals surface area contributed by atoms with E-state index >= 15 is 0 Å². The van der Waals surface area contributed by atoms with E-state index in [0.717, 1.165) is 13.1 Å². The number of guanidine groups is 1. The Morgan fingerprint density at radius 1 is 1.23 bits per heavy atom. The highest BCUT2D eigenvalue weighted by molar-refractivity contribution is 5.75. The highest BCUT2D eigenvalue weighted by Gasteiger charge is 2.09. The zero-order chi connectivity index (χ0) is 9.52. The highest BCUT2D eigenvalue weighted by atomic mass is 15.0. The van der Waals surface area contributed by atoms with Crippen LogP contribution in [-0.2, 0) is 0 Å². The molecule has 1 rings (SSSR count). The molecule has 0 bridgehead atoms. The van der Waals surface area contributed by atoms with Crippen molar-refractivity contribution in [2.75, 3.05) is 13.1 Å². The van der Waals surface area contributed by atoms with E-state index in [-0.39, 0.29) is 5.96 Å². The van der Waals surface area contributed by atoms with Crippen molar-refractivity contribution in [3.8, 4) is 0 Å². The first kappa shape index (κ1) is 10.3. The fraction of sp³-hybridized carbons (Fsp3) is 0.889. The van der Waals surface area contributed by atoms with Crippen LogP contribution in [0.25, 0.3) is 0 Å². The molecule has 0 aromatic carbocycles. The van der Waals surface area contributed by atoms with E-state index in [1.165, 1.54) is 32.1 Å². The summed E-state index contributed by atoms with van der Waals surface area (Å²) in [6.07, 6.45) is 6.45. The second-order valence-electron chi connectivity index (χ2n) is 3.62. The zero-order valence-electron chi connectivity index (χ0n) is 8.13. The van der Waals surface area contributed by atoms with E-state index in [0.29, 0.717) is 6.04 Å². The lowest BCUT2D eigenvalue weighted by Crippen LogP contribution is -2.35. The summed E-state index contributed by atoms with van der Waals surface area (Å²) in [6, 6.07) is 0.474. The van der Waals surface area contributed by atoms with Crippen LogP contribution in [0.4, 0.5) is 0 Å². The van der Waals surface area contributed by atoms with Gasteiger partial charge in [0.25, 0.3) is 0 Å². The molecule has 76 valence electrons. The Hall–Kier alpha value is -0.770. The molecule has 0 amide bonds. The van der Waals surface area contributed by atoms with Gasteiger partial charge in [-0.3, -0.25) is 4.99 Å². The molecule has 1 saturated heterocycles. The number of nitrogens with one attached hydrogen (secondary N) is 1. The first-order valence-electron chi connectivity index (χ1n) is 5.08. The van der Waals surface area contributed by atoms with Crippen LogP contribution in [0.5, 0.6) is 0 Å². The SMILES string of the molecule is NC(N)=NC[C@H]1CCCCCCN1. The lowest BCUT2D eigenvalue weighted by atomic mass is 10.0. The fourth-order valence-corrected chi connectivity index (χ4v) is 1.65. The third-order valence-corrected chi connectivity index (χ3v) is 2.41. The molecule has 4 heteroatoms. The molecule has 0 aliphatic carbocycles. The summed E-state index contributed by atoms with van der Waals surface area (Å²) in [5.41, 5.74) is 10.6. The summed E-state index contributed by atoms with van der Waals surface area (Å²) in [4.78, 5) is 4.03. The third-order valence-electron chi connectivity index (χ3n) is 2.41. The van der Waals surface area contributed by atoms with Crippen LogP contribution in [0.15, 0.2) is 4.99 Å². The molecule has 13 heavy (non-hydrogen) atoms. The Kier molecular flexibility index (Phi) is 4.60. The van der Waals surface area contributed by atoms with Crippen molar-refractivity contribution < 1.29 is 0 Å². The third kappa shape index (κ3) is 4.72. The van der Waals surface area contributed by atoms with Gasteiger partial charge in [0.05, 0.1) is 6.54 Å². The number of rotatable bonds is 2. The molecule has 0 spiro atoms. The largest absolute Gasteiger partial charge is 0.370 e. The van der Waals surface area contributed by atoms with Crippen LogP contribution >= 0.6 is 0 Å². The Balaban J connectivity index is 2.25. The average molecular weight is 184 g/mol. The van der Waals surface area contributed by atoms with Crippen molar-refractivity contribution in [1.29, 1.82) is 0 Å². The average Bonchev–Trinajstić information content (AvgIpc) is 2.01. The van der Waals surface area contributed by atoms with Gasteiger partial charge in [-0.05, 0) is 19.4 Å². The highest BCUT2D eigenvalue weighted by Crippen LogP contribution is 2.09. The summed E-state index contributed by atoms with van der Waals surface area (Å²) >= 11 is 0. The van der Waals surface area contributed by atoms with Gasteiger partial charge in [0.15, 0.2) is 5.96 Å². The number of nitrogens with zero attached hydrogens (tertiary/aromatic N) is 1. The number of hydrogen-bond donors (Lipinski definition) is 3. The standard InChI is InChI=1S/C9H20N4/c10-9(11)13-7-8-5-3-1-2-4-6-12-8/h8,12H,1-7H2,(H4,10,11,13)/t8-/m1/s1. The molecule has 0 saturated carbocycles. The molecule has 1 aliphatic heterocycles. The van der Waals surface area contributed by atoms with Crippen molar-refractivity contribution in [2.24, 2.45) is 16.5 Å².